The standard InChI is InChI=1S/C20H25BrN2O/c1-19(2,3)13-11-16(20(4,5)6)18(24)17(12-13)23-22-15-9-7-14(21)8-10-15/h7-12,24H,1-6H3. The van der Waals surface area contributed by atoms with Crippen LogP contribution in [0.1, 0.15) is 52.7 Å². The molecule has 0 fully saturated rings. The van der Waals surface area contributed by atoms with Crippen LogP contribution in [0.5, 0.6) is 5.75 Å². The number of hydrogen-bond donors (Lipinski definition) is 1. The highest BCUT2D eigenvalue weighted by Crippen LogP contribution is 2.42. The number of benzene rings is 2. The van der Waals surface area contributed by atoms with Gasteiger partial charge in [0.15, 0.2) is 0 Å². The normalized spacial score (nSPS) is 12.8. The Bertz CT molecular complexity index is 751. The third kappa shape index (κ3) is 4.44. The monoisotopic (exact) mass is 388 g/mol. The first kappa shape index (κ1) is 18.7. The summed E-state index contributed by atoms with van der Waals surface area (Å²) in [5.74, 6) is 0.205. The first-order valence-corrected chi connectivity index (χ1v) is 8.83. The number of aromatic hydroxyl groups is 1. The van der Waals surface area contributed by atoms with Crippen LogP contribution in [0.3, 0.4) is 0 Å². The van der Waals surface area contributed by atoms with Crippen molar-refractivity contribution in [2.45, 2.75) is 52.4 Å². The van der Waals surface area contributed by atoms with Gasteiger partial charge in [-0.1, -0.05) is 63.5 Å². The highest BCUT2D eigenvalue weighted by atomic mass is 79.9. The zero-order valence-corrected chi connectivity index (χ0v) is 16.8. The molecule has 4 heteroatoms. The SMILES string of the molecule is CC(C)(C)c1cc(N=Nc2ccc(Br)cc2)c(O)c(C(C)(C)C)c1. The van der Waals surface area contributed by atoms with Crippen molar-refractivity contribution in [1.29, 1.82) is 0 Å². The quantitative estimate of drug-likeness (QED) is 0.544. The second-order valence-corrected chi connectivity index (χ2v) is 8.98. The molecule has 3 nitrogen and oxygen atoms in total. The van der Waals surface area contributed by atoms with Gasteiger partial charge >= 0.3 is 0 Å². The molecule has 0 spiro atoms. The minimum absolute atomic E-state index is 0.0322. The molecular formula is C20H25BrN2O. The molecule has 0 aromatic heterocycles. The van der Waals surface area contributed by atoms with Gasteiger partial charge in [-0.15, -0.1) is 5.11 Å². The minimum atomic E-state index is -0.173. The van der Waals surface area contributed by atoms with Crippen molar-refractivity contribution >= 4 is 27.3 Å². The summed E-state index contributed by atoms with van der Waals surface area (Å²) in [5, 5.41) is 19.3. The lowest BCUT2D eigenvalue weighted by atomic mass is 9.80. The van der Waals surface area contributed by atoms with E-state index in [9.17, 15) is 5.11 Å². The topological polar surface area (TPSA) is 45.0 Å². The molecule has 0 unspecified atom stereocenters. The minimum Gasteiger partial charge on any atom is -0.505 e. The molecule has 0 aliphatic carbocycles. The van der Waals surface area contributed by atoms with Gasteiger partial charge in [-0.2, -0.15) is 5.11 Å². The van der Waals surface area contributed by atoms with E-state index in [4.69, 9.17) is 0 Å². The van der Waals surface area contributed by atoms with Crippen molar-refractivity contribution < 1.29 is 5.11 Å². The summed E-state index contributed by atoms with van der Waals surface area (Å²) in [4.78, 5) is 0. The van der Waals surface area contributed by atoms with Crippen LogP contribution < -0.4 is 0 Å². The average Bonchev–Trinajstić information content (AvgIpc) is 2.45. The largest absolute Gasteiger partial charge is 0.505 e. The Kier molecular flexibility index (Phi) is 5.19. The summed E-state index contributed by atoms with van der Waals surface area (Å²) in [6.45, 7) is 12.7. The van der Waals surface area contributed by atoms with Gasteiger partial charge < -0.3 is 5.11 Å². The lowest BCUT2D eigenvalue weighted by molar-refractivity contribution is 0.446. The van der Waals surface area contributed by atoms with Gasteiger partial charge in [-0.25, -0.2) is 0 Å². The fourth-order valence-corrected chi connectivity index (χ4v) is 2.58. The molecule has 0 aliphatic rings. The van der Waals surface area contributed by atoms with Gasteiger partial charge in [-0.05, 0) is 46.7 Å². The second-order valence-electron chi connectivity index (χ2n) is 8.07. The Morgan fingerprint density at radius 3 is 1.92 bits per heavy atom. The molecular weight excluding hydrogens is 364 g/mol. The fourth-order valence-electron chi connectivity index (χ4n) is 2.32. The van der Waals surface area contributed by atoms with Crippen molar-refractivity contribution in [3.8, 4) is 5.75 Å². The van der Waals surface area contributed by atoms with E-state index in [0.717, 1.165) is 21.3 Å². The molecule has 0 aliphatic heterocycles. The van der Waals surface area contributed by atoms with E-state index < -0.39 is 0 Å². The van der Waals surface area contributed by atoms with E-state index in [1.54, 1.807) is 0 Å². The van der Waals surface area contributed by atoms with E-state index >= 15 is 0 Å². The lowest BCUT2D eigenvalue weighted by Gasteiger charge is -2.26. The van der Waals surface area contributed by atoms with Crippen molar-refractivity contribution in [3.05, 3.63) is 52.0 Å². The molecule has 0 heterocycles. The number of phenolic OH excluding ortho intramolecular Hbond substituents is 1. The molecule has 1 N–H and O–H groups in total. The number of azo groups is 1. The molecule has 0 amide bonds. The molecule has 2 rings (SSSR count). The van der Waals surface area contributed by atoms with E-state index in [-0.39, 0.29) is 16.6 Å². The third-order valence-corrected chi connectivity index (χ3v) is 4.39. The van der Waals surface area contributed by atoms with Crippen molar-refractivity contribution in [3.63, 3.8) is 0 Å². The van der Waals surface area contributed by atoms with Crippen LogP contribution in [0.2, 0.25) is 0 Å². The third-order valence-electron chi connectivity index (χ3n) is 3.86. The summed E-state index contributed by atoms with van der Waals surface area (Å²) in [6.07, 6.45) is 0. The first-order valence-electron chi connectivity index (χ1n) is 8.04. The van der Waals surface area contributed by atoms with Crippen LogP contribution in [0, 0.1) is 0 Å². The Morgan fingerprint density at radius 1 is 0.833 bits per heavy atom. The van der Waals surface area contributed by atoms with Crippen molar-refractivity contribution in [2.24, 2.45) is 10.2 Å². The van der Waals surface area contributed by atoms with Gasteiger partial charge in [0, 0.05) is 10.0 Å². The molecule has 2 aromatic carbocycles. The Labute approximate surface area is 153 Å². The Hall–Kier alpha value is -1.68. The van der Waals surface area contributed by atoms with Gasteiger partial charge in [0.05, 0.1) is 5.69 Å². The Balaban J connectivity index is 2.54. The van der Waals surface area contributed by atoms with Crippen molar-refractivity contribution in [1.82, 2.24) is 0 Å². The molecule has 24 heavy (non-hydrogen) atoms. The van der Waals surface area contributed by atoms with Crippen LogP contribution in [-0.2, 0) is 10.8 Å². The van der Waals surface area contributed by atoms with Gasteiger partial charge in [-0.3, -0.25) is 0 Å². The molecule has 0 atom stereocenters. The lowest BCUT2D eigenvalue weighted by Crippen LogP contribution is -2.16. The predicted octanol–water partition coefficient (Wildman–Crippen LogP) is 7.17. The summed E-state index contributed by atoms with van der Waals surface area (Å²) >= 11 is 3.40. The van der Waals surface area contributed by atoms with Crippen molar-refractivity contribution in [2.75, 3.05) is 0 Å². The van der Waals surface area contributed by atoms with E-state index in [0.29, 0.717) is 5.69 Å². The summed E-state index contributed by atoms with van der Waals surface area (Å²) in [6, 6.07) is 11.6. The van der Waals surface area contributed by atoms with E-state index in [2.05, 4.69) is 73.8 Å². The molecule has 0 radical (unpaired) electrons. The maximum atomic E-state index is 10.7. The fraction of sp³-hybridized carbons (Fsp3) is 0.400. The average molecular weight is 389 g/mol. The second kappa shape index (κ2) is 6.67. The number of halogens is 1. The van der Waals surface area contributed by atoms with Gasteiger partial charge in [0.25, 0.3) is 0 Å². The number of hydrogen-bond acceptors (Lipinski definition) is 3. The molecule has 2 aromatic rings. The highest BCUT2D eigenvalue weighted by molar-refractivity contribution is 9.10. The number of phenols is 1. The summed E-state index contributed by atoms with van der Waals surface area (Å²) in [7, 11) is 0. The van der Waals surface area contributed by atoms with Crippen LogP contribution in [0.4, 0.5) is 11.4 Å². The molecule has 128 valence electrons. The van der Waals surface area contributed by atoms with Crippen LogP contribution in [0.15, 0.2) is 51.1 Å². The summed E-state index contributed by atoms with van der Waals surface area (Å²) < 4.78 is 0.994. The predicted molar refractivity (Wildman–Crippen MR) is 104 cm³/mol. The van der Waals surface area contributed by atoms with Crippen LogP contribution in [-0.4, -0.2) is 5.11 Å². The van der Waals surface area contributed by atoms with Gasteiger partial charge in [0.2, 0.25) is 0 Å². The van der Waals surface area contributed by atoms with E-state index in [1.807, 2.05) is 30.3 Å². The number of nitrogens with zero attached hydrogens (tertiary/aromatic N) is 2. The molecule has 0 saturated carbocycles. The highest BCUT2D eigenvalue weighted by Gasteiger charge is 2.25. The zero-order valence-electron chi connectivity index (χ0n) is 15.2. The number of rotatable bonds is 2. The van der Waals surface area contributed by atoms with Crippen LogP contribution in [0.25, 0.3) is 0 Å². The maximum absolute atomic E-state index is 10.7. The van der Waals surface area contributed by atoms with Gasteiger partial charge in [0.1, 0.15) is 11.4 Å². The molecule has 0 bridgehead atoms. The first-order chi connectivity index (χ1) is 11.0. The summed E-state index contributed by atoms with van der Waals surface area (Å²) in [5.41, 5.74) is 3.07. The smallest absolute Gasteiger partial charge is 0.146 e. The zero-order chi connectivity index (χ0) is 18.1. The Morgan fingerprint density at radius 2 is 1.42 bits per heavy atom. The molecule has 0 saturated heterocycles. The van der Waals surface area contributed by atoms with E-state index in [1.165, 1.54) is 0 Å². The van der Waals surface area contributed by atoms with Crippen LogP contribution >= 0.6 is 15.9 Å². The maximum Gasteiger partial charge on any atom is 0.146 e.